The van der Waals surface area contributed by atoms with Crippen LogP contribution in [0.5, 0.6) is 0 Å². The van der Waals surface area contributed by atoms with Gasteiger partial charge in [0.05, 0.1) is 23.2 Å². The molecule has 0 aromatic carbocycles. The Labute approximate surface area is 105 Å². The van der Waals surface area contributed by atoms with E-state index in [1.54, 1.807) is 11.3 Å². The van der Waals surface area contributed by atoms with Crippen molar-refractivity contribution in [3.8, 4) is 0 Å². The fourth-order valence-electron chi connectivity index (χ4n) is 1.85. The molecule has 16 heavy (non-hydrogen) atoms. The minimum absolute atomic E-state index is 0.517. The Balaban J connectivity index is 1.77. The third-order valence-corrected chi connectivity index (χ3v) is 4.17. The van der Waals surface area contributed by atoms with Gasteiger partial charge in [-0.05, 0) is 13.5 Å². The monoisotopic (exact) mass is 260 g/mol. The van der Waals surface area contributed by atoms with Gasteiger partial charge in [-0.3, -0.25) is 0 Å². The molecule has 0 spiro atoms. The third-order valence-electron chi connectivity index (χ3n) is 2.94. The summed E-state index contributed by atoms with van der Waals surface area (Å²) in [4.78, 5) is 6.83. The van der Waals surface area contributed by atoms with Crippen LogP contribution in [0, 0.1) is 0 Å². The van der Waals surface area contributed by atoms with Crippen molar-refractivity contribution < 1.29 is 4.74 Å². The van der Waals surface area contributed by atoms with Crippen molar-refractivity contribution in [2.24, 2.45) is 0 Å². The van der Waals surface area contributed by atoms with Crippen LogP contribution in [-0.2, 0) is 17.0 Å². The van der Waals surface area contributed by atoms with E-state index in [2.05, 4.69) is 16.9 Å². The second-order valence-electron chi connectivity index (χ2n) is 4.11. The number of hydrogen-bond acceptors (Lipinski definition) is 4. The molecule has 3 nitrogen and oxygen atoms in total. The largest absolute Gasteiger partial charge is 0.380 e. The average molecular weight is 261 g/mol. The van der Waals surface area contributed by atoms with Gasteiger partial charge in [-0.2, -0.15) is 0 Å². The molecule has 1 aliphatic rings. The number of ether oxygens (including phenoxy) is 1. The molecule has 2 rings (SSSR count). The summed E-state index contributed by atoms with van der Waals surface area (Å²) in [6.07, 6.45) is 2.16. The summed E-state index contributed by atoms with van der Waals surface area (Å²) >= 11 is 7.43. The summed E-state index contributed by atoms with van der Waals surface area (Å²) in [7, 11) is 2.16. The summed E-state index contributed by atoms with van der Waals surface area (Å²) in [5, 5.41) is 3.22. The molecule has 2 heterocycles. The summed E-state index contributed by atoms with van der Waals surface area (Å²) in [6.45, 7) is 2.83. The van der Waals surface area contributed by atoms with Crippen LogP contribution in [0.1, 0.15) is 17.1 Å². The molecule has 1 fully saturated rings. The first kappa shape index (κ1) is 12.3. The van der Waals surface area contributed by atoms with E-state index in [4.69, 9.17) is 16.3 Å². The lowest BCUT2D eigenvalue weighted by Gasteiger charge is -2.21. The van der Waals surface area contributed by atoms with E-state index in [1.165, 1.54) is 5.01 Å². The zero-order valence-corrected chi connectivity index (χ0v) is 11.1. The van der Waals surface area contributed by atoms with E-state index < -0.39 is 0 Å². The van der Waals surface area contributed by atoms with Crippen LogP contribution in [0.15, 0.2) is 5.38 Å². The van der Waals surface area contributed by atoms with Crippen molar-refractivity contribution >= 4 is 22.9 Å². The third kappa shape index (κ3) is 3.17. The molecule has 0 radical (unpaired) electrons. The first-order valence-electron chi connectivity index (χ1n) is 5.57. The van der Waals surface area contributed by atoms with Crippen LogP contribution in [0.4, 0.5) is 0 Å². The minimum atomic E-state index is 0.517. The van der Waals surface area contributed by atoms with E-state index in [0.717, 1.165) is 38.3 Å². The lowest BCUT2D eigenvalue weighted by atomic mass is 10.2. The number of hydrogen-bond donors (Lipinski definition) is 0. The van der Waals surface area contributed by atoms with Crippen molar-refractivity contribution in [2.75, 3.05) is 26.8 Å². The maximum atomic E-state index is 5.72. The zero-order valence-electron chi connectivity index (χ0n) is 9.49. The van der Waals surface area contributed by atoms with Crippen molar-refractivity contribution in [1.29, 1.82) is 0 Å². The summed E-state index contributed by atoms with van der Waals surface area (Å²) in [6, 6.07) is 0.590. The molecule has 5 heteroatoms. The standard InChI is InChI=1S/C11H17ClN2OS/c1-14(10-3-5-15-7-10)4-2-11-13-9(6-12)8-16-11/h8,10H,2-7H2,1H3. The highest BCUT2D eigenvalue weighted by atomic mass is 35.5. The quantitative estimate of drug-likeness (QED) is 0.759. The minimum Gasteiger partial charge on any atom is -0.380 e. The summed E-state index contributed by atoms with van der Waals surface area (Å²) < 4.78 is 5.38. The summed E-state index contributed by atoms with van der Waals surface area (Å²) in [5.41, 5.74) is 0.994. The van der Waals surface area contributed by atoms with Crippen molar-refractivity contribution in [1.82, 2.24) is 9.88 Å². The SMILES string of the molecule is CN(CCc1nc(CCl)cs1)C1CCOC1. The van der Waals surface area contributed by atoms with Gasteiger partial charge in [-0.1, -0.05) is 0 Å². The molecule has 1 unspecified atom stereocenters. The predicted octanol–water partition coefficient (Wildman–Crippen LogP) is 2.15. The number of halogens is 1. The zero-order chi connectivity index (χ0) is 11.4. The Morgan fingerprint density at radius 2 is 2.56 bits per heavy atom. The van der Waals surface area contributed by atoms with Crippen molar-refractivity contribution in [3.05, 3.63) is 16.1 Å². The first-order chi connectivity index (χ1) is 7.79. The maximum Gasteiger partial charge on any atom is 0.0941 e. The number of aromatic nitrogens is 1. The van der Waals surface area contributed by atoms with E-state index in [-0.39, 0.29) is 0 Å². The molecule has 0 bridgehead atoms. The van der Waals surface area contributed by atoms with Crippen molar-refractivity contribution in [2.45, 2.75) is 24.8 Å². The predicted molar refractivity (Wildman–Crippen MR) is 67.2 cm³/mol. The Kier molecular flexibility index (Phi) is 4.58. The second-order valence-corrected chi connectivity index (χ2v) is 5.32. The molecule has 0 aliphatic carbocycles. The topological polar surface area (TPSA) is 25.4 Å². The van der Waals surface area contributed by atoms with Gasteiger partial charge in [0.15, 0.2) is 0 Å². The molecule has 0 saturated carbocycles. The average Bonchev–Trinajstić information content (AvgIpc) is 2.96. The van der Waals surface area contributed by atoms with Gasteiger partial charge in [-0.15, -0.1) is 22.9 Å². The smallest absolute Gasteiger partial charge is 0.0941 e. The van der Waals surface area contributed by atoms with Crippen LogP contribution in [0.3, 0.4) is 0 Å². The number of likely N-dealkylation sites (N-methyl/N-ethyl adjacent to an activating group) is 1. The molecular formula is C11H17ClN2OS. The highest BCUT2D eigenvalue weighted by Crippen LogP contribution is 2.14. The molecular weight excluding hydrogens is 244 g/mol. The lowest BCUT2D eigenvalue weighted by molar-refractivity contribution is 0.160. The van der Waals surface area contributed by atoms with E-state index >= 15 is 0 Å². The van der Waals surface area contributed by atoms with E-state index in [1.807, 2.05) is 5.38 Å². The van der Waals surface area contributed by atoms with Gasteiger partial charge in [0.25, 0.3) is 0 Å². The molecule has 1 saturated heterocycles. The van der Waals surface area contributed by atoms with Crippen LogP contribution in [0.25, 0.3) is 0 Å². The maximum absolute atomic E-state index is 5.72. The Hall–Kier alpha value is -0.160. The van der Waals surface area contributed by atoms with Gasteiger partial charge < -0.3 is 9.64 Å². The van der Waals surface area contributed by atoms with Crippen molar-refractivity contribution in [3.63, 3.8) is 0 Å². The molecule has 0 amide bonds. The number of alkyl halides is 1. The fraction of sp³-hybridized carbons (Fsp3) is 0.727. The lowest BCUT2D eigenvalue weighted by Crippen LogP contribution is -2.33. The van der Waals surface area contributed by atoms with Crippen LogP contribution in [0.2, 0.25) is 0 Å². The molecule has 0 N–H and O–H groups in total. The normalized spacial score (nSPS) is 20.8. The fourth-order valence-corrected chi connectivity index (χ4v) is 2.87. The highest BCUT2D eigenvalue weighted by molar-refractivity contribution is 7.09. The van der Waals surface area contributed by atoms with Gasteiger partial charge >= 0.3 is 0 Å². The molecule has 90 valence electrons. The summed E-state index contributed by atoms with van der Waals surface area (Å²) in [5.74, 6) is 0.517. The number of thiazole rings is 1. The number of nitrogens with zero attached hydrogens (tertiary/aromatic N) is 2. The molecule has 1 aliphatic heterocycles. The Morgan fingerprint density at radius 1 is 1.69 bits per heavy atom. The molecule has 1 aromatic heterocycles. The van der Waals surface area contributed by atoms with Crippen LogP contribution in [-0.4, -0.2) is 42.7 Å². The second kappa shape index (κ2) is 5.96. The molecule has 1 atom stereocenters. The van der Waals surface area contributed by atoms with Crippen LogP contribution >= 0.6 is 22.9 Å². The van der Waals surface area contributed by atoms with E-state index in [9.17, 15) is 0 Å². The van der Waals surface area contributed by atoms with E-state index in [0.29, 0.717) is 11.9 Å². The Bertz CT molecular complexity index is 326. The van der Waals surface area contributed by atoms with Gasteiger partial charge in [0, 0.05) is 31.0 Å². The first-order valence-corrected chi connectivity index (χ1v) is 6.98. The highest BCUT2D eigenvalue weighted by Gasteiger charge is 2.19. The molecule has 1 aromatic rings. The van der Waals surface area contributed by atoms with Gasteiger partial charge in [-0.25, -0.2) is 4.98 Å². The van der Waals surface area contributed by atoms with Gasteiger partial charge in [0.1, 0.15) is 0 Å². The van der Waals surface area contributed by atoms with Gasteiger partial charge in [0.2, 0.25) is 0 Å². The van der Waals surface area contributed by atoms with Crippen LogP contribution < -0.4 is 0 Å². The Morgan fingerprint density at radius 3 is 3.19 bits per heavy atom. The number of rotatable bonds is 5.